The van der Waals surface area contributed by atoms with Crippen LogP contribution >= 0.6 is 11.6 Å². The fourth-order valence-electron chi connectivity index (χ4n) is 2.79. The normalized spacial score (nSPS) is 11.1. The van der Waals surface area contributed by atoms with E-state index < -0.39 is 0 Å². The van der Waals surface area contributed by atoms with E-state index in [4.69, 9.17) is 11.6 Å². The summed E-state index contributed by atoms with van der Waals surface area (Å²) >= 11 is 6.72. The predicted octanol–water partition coefficient (Wildman–Crippen LogP) is 4.66. The highest BCUT2D eigenvalue weighted by Crippen LogP contribution is 2.36. The average molecular weight is 335 g/mol. The lowest BCUT2D eigenvalue weighted by atomic mass is 10.1. The highest BCUT2D eigenvalue weighted by Gasteiger charge is 2.19. The Balaban J connectivity index is 2.00. The van der Waals surface area contributed by atoms with Gasteiger partial charge in [0.15, 0.2) is 5.65 Å². The van der Waals surface area contributed by atoms with Gasteiger partial charge in [-0.05, 0) is 6.92 Å². The van der Waals surface area contributed by atoms with E-state index in [1.807, 2.05) is 37.4 Å². The zero-order valence-corrected chi connectivity index (χ0v) is 14.1. The third-order valence-corrected chi connectivity index (χ3v) is 4.43. The second-order valence-corrected chi connectivity index (χ2v) is 6.14. The molecule has 4 rings (SSSR count). The van der Waals surface area contributed by atoms with Crippen molar-refractivity contribution < 1.29 is 0 Å². The Morgan fingerprint density at radius 2 is 1.50 bits per heavy atom. The van der Waals surface area contributed by atoms with Gasteiger partial charge in [0.1, 0.15) is 11.4 Å². The van der Waals surface area contributed by atoms with Crippen molar-refractivity contribution in [3.05, 3.63) is 65.2 Å². The molecule has 0 atom stereocenters. The van der Waals surface area contributed by atoms with Gasteiger partial charge in [-0.3, -0.25) is 0 Å². The molecule has 2 aromatic carbocycles. The predicted molar refractivity (Wildman–Crippen MR) is 96.9 cm³/mol. The van der Waals surface area contributed by atoms with Gasteiger partial charge in [0.2, 0.25) is 0 Å². The molecule has 0 unspecified atom stereocenters. The first-order valence-electron chi connectivity index (χ1n) is 7.66. The fourth-order valence-corrected chi connectivity index (χ4v) is 3.11. The van der Waals surface area contributed by atoms with E-state index in [1.165, 1.54) is 5.56 Å². The maximum Gasteiger partial charge on any atom is 0.182 e. The first-order chi connectivity index (χ1) is 11.6. The number of benzene rings is 2. The number of fused-ring (bicyclic) bond motifs is 1. The molecule has 0 aliphatic carbocycles. The van der Waals surface area contributed by atoms with E-state index in [2.05, 4.69) is 46.5 Å². The Hall–Kier alpha value is -2.72. The van der Waals surface area contributed by atoms with Crippen LogP contribution in [0.5, 0.6) is 0 Å². The maximum absolute atomic E-state index is 6.72. The van der Waals surface area contributed by atoms with Crippen molar-refractivity contribution in [2.45, 2.75) is 6.92 Å². The molecule has 5 heteroatoms. The summed E-state index contributed by atoms with van der Waals surface area (Å²) < 4.78 is 1.72. The summed E-state index contributed by atoms with van der Waals surface area (Å²) in [6, 6.07) is 18.1. The standard InChI is InChI=1S/C19H15ClN4/c1-12-8-10-14(11-9-12)17-15-16(20)18(13-6-4-3-5-7-13)21-22-19(15)24(2)23-17/h3-11H,1-2H3. The molecular weight excluding hydrogens is 320 g/mol. The molecule has 2 aromatic heterocycles. The van der Waals surface area contributed by atoms with E-state index in [9.17, 15) is 0 Å². The minimum Gasteiger partial charge on any atom is -0.248 e. The van der Waals surface area contributed by atoms with Crippen LogP contribution in [0.25, 0.3) is 33.5 Å². The maximum atomic E-state index is 6.72. The summed E-state index contributed by atoms with van der Waals surface area (Å²) in [7, 11) is 1.85. The van der Waals surface area contributed by atoms with Crippen LogP contribution in [0.3, 0.4) is 0 Å². The Kier molecular flexibility index (Phi) is 3.54. The molecule has 0 N–H and O–H groups in total. The number of aryl methyl sites for hydroxylation is 2. The molecule has 0 amide bonds. The minimum atomic E-state index is 0.579. The van der Waals surface area contributed by atoms with Gasteiger partial charge in [0, 0.05) is 18.2 Å². The second-order valence-electron chi connectivity index (χ2n) is 5.77. The van der Waals surface area contributed by atoms with Crippen molar-refractivity contribution in [1.82, 2.24) is 20.0 Å². The van der Waals surface area contributed by atoms with E-state index in [0.717, 1.165) is 22.2 Å². The van der Waals surface area contributed by atoms with Gasteiger partial charge in [-0.1, -0.05) is 71.8 Å². The molecule has 0 fully saturated rings. The molecule has 0 aliphatic heterocycles. The third kappa shape index (κ3) is 2.36. The molecule has 0 aliphatic rings. The van der Waals surface area contributed by atoms with E-state index in [0.29, 0.717) is 16.4 Å². The number of hydrogen-bond acceptors (Lipinski definition) is 3. The summed E-state index contributed by atoms with van der Waals surface area (Å²) in [4.78, 5) is 0. The lowest BCUT2D eigenvalue weighted by molar-refractivity contribution is 0.781. The van der Waals surface area contributed by atoms with Crippen LogP contribution in [-0.4, -0.2) is 20.0 Å². The molecule has 4 nitrogen and oxygen atoms in total. The molecule has 0 spiro atoms. The minimum absolute atomic E-state index is 0.579. The molecule has 24 heavy (non-hydrogen) atoms. The fraction of sp³-hybridized carbons (Fsp3) is 0.105. The Morgan fingerprint density at radius 3 is 2.21 bits per heavy atom. The smallest absolute Gasteiger partial charge is 0.182 e. The molecule has 0 saturated carbocycles. The third-order valence-electron chi connectivity index (χ3n) is 4.06. The quantitative estimate of drug-likeness (QED) is 0.535. The van der Waals surface area contributed by atoms with Crippen molar-refractivity contribution in [3.63, 3.8) is 0 Å². The van der Waals surface area contributed by atoms with Crippen LogP contribution in [0.2, 0.25) is 5.02 Å². The Morgan fingerprint density at radius 1 is 0.833 bits per heavy atom. The van der Waals surface area contributed by atoms with Crippen LogP contribution in [0.4, 0.5) is 0 Å². The molecule has 0 bridgehead atoms. The zero-order chi connectivity index (χ0) is 16.7. The van der Waals surface area contributed by atoms with E-state index in [1.54, 1.807) is 4.68 Å². The number of halogens is 1. The lowest BCUT2D eigenvalue weighted by Crippen LogP contribution is -1.95. The van der Waals surface area contributed by atoms with Crippen molar-refractivity contribution in [2.75, 3.05) is 0 Å². The zero-order valence-electron chi connectivity index (χ0n) is 13.4. The first-order valence-corrected chi connectivity index (χ1v) is 8.04. The van der Waals surface area contributed by atoms with Gasteiger partial charge in [0.05, 0.1) is 10.4 Å². The topological polar surface area (TPSA) is 43.6 Å². The Labute approximate surface area is 144 Å². The summed E-state index contributed by atoms with van der Waals surface area (Å²) in [6.07, 6.45) is 0. The summed E-state index contributed by atoms with van der Waals surface area (Å²) in [5.41, 5.74) is 5.33. The van der Waals surface area contributed by atoms with E-state index in [-0.39, 0.29) is 0 Å². The van der Waals surface area contributed by atoms with Crippen molar-refractivity contribution in [3.8, 4) is 22.5 Å². The number of nitrogens with zero attached hydrogens (tertiary/aromatic N) is 4. The second kappa shape index (κ2) is 5.73. The van der Waals surface area contributed by atoms with Crippen LogP contribution in [-0.2, 0) is 7.05 Å². The summed E-state index contributed by atoms with van der Waals surface area (Å²) in [6.45, 7) is 2.06. The van der Waals surface area contributed by atoms with Crippen molar-refractivity contribution in [2.24, 2.45) is 7.05 Å². The van der Waals surface area contributed by atoms with Gasteiger partial charge in [-0.25, -0.2) is 4.68 Å². The van der Waals surface area contributed by atoms with Crippen LogP contribution in [0, 0.1) is 6.92 Å². The van der Waals surface area contributed by atoms with Crippen LogP contribution in [0.1, 0.15) is 5.56 Å². The van der Waals surface area contributed by atoms with Gasteiger partial charge < -0.3 is 0 Å². The number of hydrogen-bond donors (Lipinski definition) is 0. The molecule has 0 saturated heterocycles. The average Bonchev–Trinajstić information content (AvgIpc) is 2.94. The van der Waals surface area contributed by atoms with Crippen molar-refractivity contribution >= 4 is 22.6 Å². The monoisotopic (exact) mass is 334 g/mol. The lowest BCUT2D eigenvalue weighted by Gasteiger charge is -2.05. The highest BCUT2D eigenvalue weighted by molar-refractivity contribution is 6.38. The van der Waals surface area contributed by atoms with E-state index >= 15 is 0 Å². The number of aromatic nitrogens is 4. The van der Waals surface area contributed by atoms with Crippen molar-refractivity contribution in [1.29, 1.82) is 0 Å². The SMILES string of the molecule is Cc1ccc(-c2nn(C)c3nnc(-c4ccccc4)c(Cl)c23)cc1. The molecular formula is C19H15ClN4. The molecule has 2 heterocycles. The van der Waals surface area contributed by atoms with Crippen LogP contribution in [0.15, 0.2) is 54.6 Å². The Bertz CT molecular complexity index is 1020. The van der Waals surface area contributed by atoms with Gasteiger partial charge >= 0.3 is 0 Å². The number of rotatable bonds is 2. The van der Waals surface area contributed by atoms with Gasteiger partial charge in [-0.2, -0.15) is 5.10 Å². The highest BCUT2D eigenvalue weighted by atomic mass is 35.5. The summed E-state index contributed by atoms with van der Waals surface area (Å²) in [5.74, 6) is 0. The molecule has 118 valence electrons. The summed E-state index contributed by atoms with van der Waals surface area (Å²) in [5, 5.41) is 14.7. The van der Waals surface area contributed by atoms with Gasteiger partial charge in [0.25, 0.3) is 0 Å². The van der Waals surface area contributed by atoms with Gasteiger partial charge in [-0.15, -0.1) is 10.2 Å². The molecule has 4 aromatic rings. The van der Waals surface area contributed by atoms with Crippen LogP contribution < -0.4 is 0 Å². The largest absolute Gasteiger partial charge is 0.248 e. The molecule has 0 radical (unpaired) electrons. The first kappa shape index (κ1) is 14.8.